The third-order valence-electron chi connectivity index (χ3n) is 9.07. The van der Waals surface area contributed by atoms with Gasteiger partial charge < -0.3 is 4.57 Å². The van der Waals surface area contributed by atoms with E-state index in [1.165, 1.54) is 16.3 Å². The van der Waals surface area contributed by atoms with Crippen molar-refractivity contribution in [3.63, 3.8) is 0 Å². The van der Waals surface area contributed by atoms with E-state index < -0.39 is 0 Å². The van der Waals surface area contributed by atoms with Crippen molar-refractivity contribution in [2.24, 2.45) is 0 Å². The van der Waals surface area contributed by atoms with Crippen LogP contribution in [-0.4, -0.2) is 23.7 Å². The van der Waals surface area contributed by atoms with Gasteiger partial charge in [0.05, 0.1) is 38.6 Å². The quantitative estimate of drug-likeness (QED) is 0.210. The number of rotatable bonds is 3. The van der Waals surface area contributed by atoms with E-state index in [0.717, 1.165) is 66.6 Å². The molecule has 45 heavy (non-hydrogen) atoms. The van der Waals surface area contributed by atoms with Crippen molar-refractivity contribution in [2.75, 3.05) is 0 Å². The molecule has 0 aliphatic rings. The van der Waals surface area contributed by atoms with Gasteiger partial charge in [-0.05, 0) is 54.6 Å². The predicted molar refractivity (Wildman–Crippen MR) is 185 cm³/mol. The van der Waals surface area contributed by atoms with Crippen molar-refractivity contribution in [1.82, 2.24) is 23.7 Å². The first-order valence-corrected chi connectivity index (χ1v) is 15.2. The van der Waals surface area contributed by atoms with Crippen molar-refractivity contribution in [3.05, 3.63) is 152 Å². The van der Waals surface area contributed by atoms with Gasteiger partial charge in [0, 0.05) is 44.5 Å². The molecule has 10 rings (SSSR count). The highest BCUT2D eigenvalue weighted by Gasteiger charge is 2.23. The molecule has 0 aliphatic heterocycles. The highest BCUT2D eigenvalue weighted by atomic mass is 15.2. The second-order valence-corrected chi connectivity index (χ2v) is 11.5. The summed E-state index contributed by atoms with van der Waals surface area (Å²) in [6.45, 7) is 0. The Morgan fingerprint density at radius 1 is 0.378 bits per heavy atom. The van der Waals surface area contributed by atoms with Gasteiger partial charge in [0.25, 0.3) is 0 Å². The highest BCUT2D eigenvalue weighted by molar-refractivity contribution is 6.24. The molecule has 0 spiro atoms. The van der Waals surface area contributed by atoms with Crippen LogP contribution in [0.25, 0.3) is 82.9 Å². The molecule has 0 atom stereocenters. The maximum atomic E-state index is 5.30. The predicted octanol–water partition coefficient (Wildman–Crippen LogP) is 9.77. The largest absolute Gasteiger partial charge is 0.307 e. The van der Waals surface area contributed by atoms with Crippen molar-refractivity contribution in [2.45, 2.75) is 0 Å². The second kappa shape index (κ2) is 9.15. The van der Waals surface area contributed by atoms with Crippen molar-refractivity contribution >= 4 is 65.5 Å². The third-order valence-corrected chi connectivity index (χ3v) is 9.07. The van der Waals surface area contributed by atoms with Gasteiger partial charge in [0.15, 0.2) is 0 Å². The van der Waals surface area contributed by atoms with Gasteiger partial charge in [0.1, 0.15) is 0 Å². The van der Waals surface area contributed by atoms with Crippen molar-refractivity contribution in [1.29, 1.82) is 0 Å². The first kappa shape index (κ1) is 24.3. The molecule has 5 nitrogen and oxygen atoms in total. The highest BCUT2D eigenvalue weighted by Crippen LogP contribution is 2.41. The van der Waals surface area contributed by atoms with Crippen LogP contribution >= 0.6 is 0 Å². The van der Waals surface area contributed by atoms with E-state index >= 15 is 0 Å². The van der Waals surface area contributed by atoms with Crippen LogP contribution in [0.1, 0.15) is 0 Å². The molecule has 0 saturated carbocycles. The number of fused-ring (bicyclic) bond motifs is 10. The summed E-state index contributed by atoms with van der Waals surface area (Å²) in [5.74, 6) is 0.852. The van der Waals surface area contributed by atoms with Gasteiger partial charge in [-0.2, -0.15) is 0 Å². The Morgan fingerprint density at radius 2 is 0.933 bits per heavy atom. The van der Waals surface area contributed by atoms with Crippen molar-refractivity contribution in [3.8, 4) is 17.3 Å². The summed E-state index contributed by atoms with van der Waals surface area (Å²) < 4.78 is 6.97. The van der Waals surface area contributed by atoms with Gasteiger partial charge in [-0.1, -0.05) is 91.0 Å². The first-order chi connectivity index (χ1) is 22.4. The lowest BCUT2D eigenvalue weighted by atomic mass is 10.1. The molecule has 0 unspecified atom stereocenters. The van der Waals surface area contributed by atoms with Crippen LogP contribution in [0.5, 0.6) is 0 Å². The number of hydrogen-bond donors (Lipinski definition) is 0. The molecule has 0 bridgehead atoms. The molecule has 0 amide bonds. The van der Waals surface area contributed by atoms with E-state index in [0.29, 0.717) is 0 Å². The van der Waals surface area contributed by atoms with E-state index in [-0.39, 0.29) is 0 Å². The van der Waals surface area contributed by atoms with Gasteiger partial charge in [-0.15, -0.1) is 0 Å². The summed E-state index contributed by atoms with van der Waals surface area (Å²) in [6.07, 6.45) is 2.05. The molecule has 4 aromatic heterocycles. The van der Waals surface area contributed by atoms with Crippen LogP contribution in [-0.2, 0) is 0 Å². The van der Waals surface area contributed by atoms with Gasteiger partial charge in [-0.25, -0.2) is 4.98 Å². The number of benzene rings is 6. The zero-order valence-electron chi connectivity index (χ0n) is 24.2. The fourth-order valence-electron chi connectivity index (χ4n) is 7.20. The molecular formula is C40H25N5. The van der Waals surface area contributed by atoms with Crippen LogP contribution in [0, 0.1) is 0 Å². The number of imidazole rings is 1. The first-order valence-electron chi connectivity index (χ1n) is 15.2. The van der Waals surface area contributed by atoms with Crippen LogP contribution in [0.4, 0.5) is 0 Å². The molecule has 0 saturated heterocycles. The average Bonchev–Trinajstić information content (AvgIpc) is 3.77. The molecule has 210 valence electrons. The SMILES string of the molecule is c1ccc(-n2c(-n3c4ccccc4c4cnc5c(ccc6c7ccccc7n(-c7ccccc7)c65)c43)nc3ccccc32)cc1. The lowest BCUT2D eigenvalue weighted by molar-refractivity contribution is 0.957. The van der Waals surface area contributed by atoms with Crippen LogP contribution in [0.2, 0.25) is 0 Å². The number of para-hydroxylation sites is 6. The number of nitrogens with zero attached hydrogens (tertiary/aromatic N) is 5. The number of aromatic nitrogens is 5. The summed E-state index contributed by atoms with van der Waals surface area (Å²) in [4.78, 5) is 10.5. The normalized spacial score (nSPS) is 12.0. The van der Waals surface area contributed by atoms with E-state index in [9.17, 15) is 0 Å². The minimum atomic E-state index is 0.852. The summed E-state index contributed by atoms with van der Waals surface area (Å²) in [7, 11) is 0. The maximum absolute atomic E-state index is 5.30. The van der Waals surface area contributed by atoms with E-state index in [1.54, 1.807) is 0 Å². The minimum Gasteiger partial charge on any atom is -0.307 e. The lowest BCUT2D eigenvalue weighted by Gasteiger charge is -2.14. The molecule has 5 heteroatoms. The van der Waals surface area contributed by atoms with Gasteiger partial charge in [-0.3, -0.25) is 14.1 Å². The Labute approximate surface area is 257 Å². The van der Waals surface area contributed by atoms with Crippen LogP contribution in [0.3, 0.4) is 0 Å². The molecule has 0 fully saturated rings. The van der Waals surface area contributed by atoms with E-state index in [2.05, 4.69) is 165 Å². The van der Waals surface area contributed by atoms with Crippen LogP contribution < -0.4 is 0 Å². The summed E-state index contributed by atoms with van der Waals surface area (Å²) in [5.41, 5.74) is 9.63. The molecule has 0 aliphatic carbocycles. The fraction of sp³-hybridized carbons (Fsp3) is 0. The molecule has 6 aromatic carbocycles. The third kappa shape index (κ3) is 3.32. The topological polar surface area (TPSA) is 40.6 Å². The summed E-state index contributed by atoms with van der Waals surface area (Å²) in [5, 5.41) is 5.74. The number of pyridine rings is 1. The van der Waals surface area contributed by atoms with Crippen LogP contribution in [0.15, 0.2) is 152 Å². The molecule has 0 N–H and O–H groups in total. The number of hydrogen-bond acceptors (Lipinski definition) is 2. The molecule has 0 radical (unpaired) electrons. The Morgan fingerprint density at radius 3 is 1.67 bits per heavy atom. The van der Waals surface area contributed by atoms with E-state index in [1.807, 2.05) is 0 Å². The van der Waals surface area contributed by atoms with E-state index in [4.69, 9.17) is 9.97 Å². The van der Waals surface area contributed by atoms with Gasteiger partial charge in [0.2, 0.25) is 5.95 Å². The Bertz CT molecular complexity index is 2750. The Balaban J connectivity index is 1.42. The molecular weight excluding hydrogens is 550 g/mol. The van der Waals surface area contributed by atoms with Crippen molar-refractivity contribution < 1.29 is 0 Å². The Hall–Kier alpha value is -6.20. The zero-order chi connectivity index (χ0) is 29.5. The lowest BCUT2D eigenvalue weighted by Crippen LogP contribution is -2.05. The summed E-state index contributed by atoms with van der Waals surface area (Å²) >= 11 is 0. The summed E-state index contributed by atoms with van der Waals surface area (Å²) in [6, 6.07) is 51.2. The standard InChI is InChI=1S/C40H25N5/c1-3-13-26(14-4-1)43-34-20-10-7-17-28(34)30-23-24-31-37(39(30)43)41-25-32-29-18-8-11-21-35(29)45(38(31)32)40-42-33-19-9-12-22-36(33)44(40)27-15-5-2-6-16-27/h1-25H. The average molecular weight is 576 g/mol. The monoisotopic (exact) mass is 575 g/mol. The molecule has 10 aromatic rings. The minimum absolute atomic E-state index is 0.852. The molecule has 4 heterocycles. The Kier molecular flexibility index (Phi) is 4.93. The second-order valence-electron chi connectivity index (χ2n) is 11.5. The maximum Gasteiger partial charge on any atom is 0.220 e. The fourth-order valence-corrected chi connectivity index (χ4v) is 7.20. The smallest absolute Gasteiger partial charge is 0.220 e. The van der Waals surface area contributed by atoms with Gasteiger partial charge >= 0.3 is 0 Å². The zero-order valence-corrected chi connectivity index (χ0v) is 24.2.